The molecule has 3 nitrogen and oxygen atoms in total. The highest BCUT2D eigenvalue weighted by atomic mass is 79.9. The molecule has 3 saturated carbocycles. The molecule has 3 aromatic rings. The third-order valence-electron chi connectivity index (χ3n) is 7.66. The summed E-state index contributed by atoms with van der Waals surface area (Å²) < 4.78 is 41.6. The molecule has 0 saturated heterocycles. The summed E-state index contributed by atoms with van der Waals surface area (Å²) in [5.74, 6) is 1.68. The van der Waals surface area contributed by atoms with E-state index in [-0.39, 0.29) is 17.7 Å². The van der Waals surface area contributed by atoms with Crippen molar-refractivity contribution >= 4 is 47.8 Å². The molecule has 3 aliphatic carbocycles. The van der Waals surface area contributed by atoms with Crippen LogP contribution in [-0.4, -0.2) is 15.0 Å². The number of hydrogen-bond acceptors (Lipinski definition) is 3. The monoisotopic (exact) mass is 771 g/mol. The summed E-state index contributed by atoms with van der Waals surface area (Å²) in [5.41, 5.74) is 6.25. The van der Waals surface area contributed by atoms with Crippen molar-refractivity contribution in [3.05, 3.63) is 83.2 Å². The van der Waals surface area contributed by atoms with Crippen LogP contribution in [0.15, 0.2) is 31.7 Å². The molecule has 3 heterocycles. The molecule has 228 valence electrons. The first-order valence-corrected chi connectivity index (χ1v) is 17.2. The lowest BCUT2D eigenvalue weighted by Gasteiger charge is -2.11. The summed E-state index contributed by atoms with van der Waals surface area (Å²) in [6, 6.07) is 5.10. The molecule has 6 rings (SSSR count). The van der Waals surface area contributed by atoms with Crippen LogP contribution in [0, 0.1) is 17.7 Å². The quantitative estimate of drug-likeness (QED) is 0.234. The lowest BCUT2D eigenvalue weighted by molar-refractivity contribution is 0.561. The van der Waals surface area contributed by atoms with Gasteiger partial charge in [-0.1, -0.05) is 41.5 Å². The van der Waals surface area contributed by atoms with Gasteiger partial charge in [-0.2, -0.15) is 8.78 Å². The van der Waals surface area contributed by atoms with E-state index >= 15 is 0 Å². The summed E-state index contributed by atoms with van der Waals surface area (Å²) in [6.07, 6.45) is 7.17. The van der Waals surface area contributed by atoms with Crippen LogP contribution in [0.2, 0.25) is 0 Å². The maximum absolute atomic E-state index is 13.3. The Kier molecular flexibility index (Phi) is 11.3. The Morgan fingerprint density at radius 1 is 0.595 bits per heavy atom. The van der Waals surface area contributed by atoms with Gasteiger partial charge in [0.1, 0.15) is 4.60 Å². The van der Waals surface area contributed by atoms with E-state index in [2.05, 4.69) is 90.4 Å². The summed E-state index contributed by atoms with van der Waals surface area (Å²) in [7, 11) is 0. The van der Waals surface area contributed by atoms with Crippen LogP contribution in [0.3, 0.4) is 0 Å². The van der Waals surface area contributed by atoms with Gasteiger partial charge in [0.15, 0.2) is 5.82 Å². The molecule has 9 heteroatoms. The van der Waals surface area contributed by atoms with Crippen molar-refractivity contribution in [2.24, 2.45) is 0 Å². The van der Waals surface area contributed by atoms with E-state index in [1.165, 1.54) is 44.1 Å². The zero-order valence-corrected chi connectivity index (χ0v) is 29.8. The van der Waals surface area contributed by atoms with Crippen LogP contribution in [-0.2, 0) is 0 Å². The lowest BCUT2D eigenvalue weighted by Crippen LogP contribution is -2.02. The van der Waals surface area contributed by atoms with Gasteiger partial charge >= 0.3 is 0 Å². The molecule has 0 aliphatic heterocycles. The van der Waals surface area contributed by atoms with Gasteiger partial charge in [0, 0.05) is 15.9 Å². The van der Waals surface area contributed by atoms with E-state index < -0.39 is 5.95 Å². The van der Waals surface area contributed by atoms with E-state index in [1.54, 1.807) is 12.1 Å². The Bertz CT molecular complexity index is 1270. The normalized spacial score (nSPS) is 16.4. The van der Waals surface area contributed by atoms with Crippen molar-refractivity contribution in [1.82, 2.24) is 15.0 Å². The Morgan fingerprint density at radius 3 is 1.52 bits per heavy atom. The van der Waals surface area contributed by atoms with E-state index in [9.17, 15) is 13.2 Å². The first kappa shape index (κ1) is 33.6. The van der Waals surface area contributed by atoms with E-state index in [0.717, 1.165) is 32.7 Å². The maximum Gasteiger partial charge on any atom is 0.227 e. The minimum atomic E-state index is -0.391. The number of halogens is 6. The summed E-state index contributed by atoms with van der Waals surface area (Å²) in [5, 5.41) is 0. The first-order chi connectivity index (χ1) is 19.8. The minimum absolute atomic E-state index is 0.240. The van der Waals surface area contributed by atoms with Crippen LogP contribution >= 0.6 is 47.8 Å². The van der Waals surface area contributed by atoms with Gasteiger partial charge in [0.05, 0.1) is 10.2 Å². The second kappa shape index (κ2) is 14.2. The van der Waals surface area contributed by atoms with Crippen molar-refractivity contribution < 1.29 is 13.2 Å². The predicted molar refractivity (Wildman–Crippen MR) is 174 cm³/mol. The molecule has 0 aromatic carbocycles. The SMILES string of the molecule is CC(C)c1nc(Br)c(F)cc1C1CC1.CC(C)c1nc(F)c(Br)cc1C1CC1.CC(C)c1nc(F)cc(C2CC2)c1Br. The molecule has 0 amide bonds. The summed E-state index contributed by atoms with van der Waals surface area (Å²) in [6.45, 7) is 12.4. The summed E-state index contributed by atoms with van der Waals surface area (Å²) >= 11 is 9.85. The number of nitrogens with zero attached hydrogens (tertiary/aromatic N) is 3. The number of hydrogen-bond donors (Lipinski definition) is 0. The second-order valence-electron chi connectivity index (χ2n) is 12.5. The predicted octanol–water partition coefficient (Wildman–Crippen LogP) is 12.0. The molecule has 0 bridgehead atoms. The Hall–Kier alpha value is -1.32. The molecule has 0 radical (unpaired) electrons. The maximum atomic E-state index is 13.3. The zero-order valence-electron chi connectivity index (χ0n) is 25.0. The molecule has 0 spiro atoms. The fourth-order valence-corrected chi connectivity index (χ4v) is 6.59. The molecule has 3 aliphatic rings. The Labute approximate surface area is 273 Å². The van der Waals surface area contributed by atoms with E-state index in [4.69, 9.17) is 0 Å². The number of rotatable bonds is 6. The van der Waals surface area contributed by atoms with Crippen LogP contribution in [0.25, 0.3) is 0 Å². The topological polar surface area (TPSA) is 38.7 Å². The lowest BCUT2D eigenvalue weighted by atomic mass is 10.0. The van der Waals surface area contributed by atoms with Crippen molar-refractivity contribution in [1.29, 1.82) is 0 Å². The number of aromatic nitrogens is 3. The molecular formula is C33H39Br3F3N3. The molecule has 3 aromatic heterocycles. The smallest absolute Gasteiger partial charge is 0.227 e. The van der Waals surface area contributed by atoms with Gasteiger partial charge in [0.25, 0.3) is 0 Å². The first-order valence-electron chi connectivity index (χ1n) is 14.9. The van der Waals surface area contributed by atoms with Crippen LogP contribution in [0.5, 0.6) is 0 Å². The van der Waals surface area contributed by atoms with Gasteiger partial charge in [-0.05, 0) is 157 Å². The average molecular weight is 774 g/mol. The minimum Gasteiger partial charge on any atom is -0.242 e. The largest absolute Gasteiger partial charge is 0.242 e. The highest BCUT2D eigenvalue weighted by Crippen LogP contribution is 2.46. The highest BCUT2D eigenvalue weighted by Gasteiger charge is 2.30. The third-order valence-corrected chi connectivity index (χ3v) is 9.64. The Morgan fingerprint density at radius 2 is 1.05 bits per heavy atom. The zero-order chi connectivity index (χ0) is 30.9. The summed E-state index contributed by atoms with van der Waals surface area (Å²) in [4.78, 5) is 12.2. The fraction of sp³-hybridized carbons (Fsp3) is 0.545. The van der Waals surface area contributed by atoms with Crippen LogP contribution in [0.4, 0.5) is 13.2 Å². The molecule has 3 fully saturated rings. The van der Waals surface area contributed by atoms with E-state index in [0.29, 0.717) is 38.7 Å². The number of pyridine rings is 3. The van der Waals surface area contributed by atoms with Crippen LogP contribution in [0.1, 0.15) is 149 Å². The second-order valence-corrected chi connectivity index (χ2v) is 14.9. The molecule has 0 atom stereocenters. The highest BCUT2D eigenvalue weighted by molar-refractivity contribution is 9.11. The van der Waals surface area contributed by atoms with Gasteiger partial charge in [-0.15, -0.1) is 0 Å². The van der Waals surface area contributed by atoms with Gasteiger partial charge in [0.2, 0.25) is 11.9 Å². The van der Waals surface area contributed by atoms with Crippen molar-refractivity contribution in [2.45, 2.75) is 116 Å². The van der Waals surface area contributed by atoms with Crippen molar-refractivity contribution in [2.75, 3.05) is 0 Å². The third kappa shape index (κ3) is 8.65. The van der Waals surface area contributed by atoms with Crippen molar-refractivity contribution in [3.8, 4) is 0 Å². The molecule has 0 unspecified atom stereocenters. The van der Waals surface area contributed by atoms with Gasteiger partial charge < -0.3 is 0 Å². The molecular weight excluding hydrogens is 735 g/mol. The van der Waals surface area contributed by atoms with Gasteiger partial charge in [-0.25, -0.2) is 19.3 Å². The van der Waals surface area contributed by atoms with Crippen LogP contribution < -0.4 is 0 Å². The fourth-order valence-electron chi connectivity index (χ4n) is 4.96. The molecule has 42 heavy (non-hydrogen) atoms. The van der Waals surface area contributed by atoms with Gasteiger partial charge in [-0.3, -0.25) is 0 Å². The average Bonchev–Trinajstić information content (AvgIpc) is 3.76. The Balaban J connectivity index is 0.000000145. The van der Waals surface area contributed by atoms with E-state index in [1.807, 2.05) is 19.9 Å². The van der Waals surface area contributed by atoms with Crippen molar-refractivity contribution in [3.63, 3.8) is 0 Å². The molecule has 0 N–H and O–H groups in total. The standard InChI is InChI=1S/3C11H13BrFN/c1-6(2)11-10(12)8(7-3-4-7)5-9(13)14-11;1-6(2)10-8(7-3-4-7)5-9(13)11(12)14-10;1-6(2)10-8(7-3-4-7)5-9(12)11(13)14-10/h3*5-7H,3-4H2,1-2H3.